The Balaban J connectivity index is 2.55. The van der Waals surface area contributed by atoms with Gasteiger partial charge in [0.15, 0.2) is 12.0 Å². The van der Waals surface area contributed by atoms with Gasteiger partial charge >= 0.3 is 0 Å². The highest BCUT2D eigenvalue weighted by Crippen LogP contribution is 2.30. The Hall–Kier alpha value is -1.35. The van der Waals surface area contributed by atoms with Crippen LogP contribution >= 0.6 is 15.9 Å². The van der Waals surface area contributed by atoms with E-state index in [9.17, 15) is 4.79 Å². The van der Waals surface area contributed by atoms with Gasteiger partial charge in [-0.25, -0.2) is 0 Å². The van der Waals surface area contributed by atoms with Crippen molar-refractivity contribution in [1.82, 2.24) is 0 Å². The van der Waals surface area contributed by atoms with Gasteiger partial charge in [0.05, 0.1) is 0 Å². The van der Waals surface area contributed by atoms with E-state index < -0.39 is 0 Å². The lowest BCUT2D eigenvalue weighted by Crippen LogP contribution is -1.75. The number of rotatable bonds is 2. The zero-order chi connectivity index (χ0) is 10.8. The molecule has 2 rings (SSSR count). The number of carbonyl (C=O) groups excluding carboxylic acids is 1. The smallest absolute Gasteiger partial charge is 0.185 e. The Morgan fingerprint density at radius 2 is 2.07 bits per heavy atom. The Morgan fingerprint density at radius 3 is 2.67 bits per heavy atom. The van der Waals surface area contributed by atoms with Crippen LogP contribution in [-0.2, 0) is 0 Å². The van der Waals surface area contributed by atoms with Crippen molar-refractivity contribution in [2.24, 2.45) is 0 Å². The van der Waals surface area contributed by atoms with Gasteiger partial charge in [-0.15, -0.1) is 0 Å². The maximum absolute atomic E-state index is 10.7. The van der Waals surface area contributed by atoms with Crippen molar-refractivity contribution >= 4 is 22.2 Å². The van der Waals surface area contributed by atoms with Gasteiger partial charge in [-0.05, 0) is 24.6 Å². The molecule has 3 heteroatoms. The first-order valence-electron chi connectivity index (χ1n) is 4.53. The van der Waals surface area contributed by atoms with Crippen molar-refractivity contribution in [1.29, 1.82) is 0 Å². The summed E-state index contributed by atoms with van der Waals surface area (Å²) in [5.74, 6) is 1.10. The summed E-state index contributed by atoms with van der Waals surface area (Å²) in [7, 11) is 0. The summed E-state index contributed by atoms with van der Waals surface area (Å²) in [5.41, 5.74) is 1.81. The molecule has 15 heavy (non-hydrogen) atoms. The van der Waals surface area contributed by atoms with Crippen LogP contribution < -0.4 is 0 Å². The molecule has 0 radical (unpaired) electrons. The minimum absolute atomic E-state index is 0.390. The van der Waals surface area contributed by atoms with Gasteiger partial charge in [0.1, 0.15) is 5.76 Å². The summed E-state index contributed by atoms with van der Waals surface area (Å²) in [5, 5.41) is 0. The zero-order valence-electron chi connectivity index (χ0n) is 8.16. The Kier molecular flexibility index (Phi) is 2.73. The van der Waals surface area contributed by atoms with Gasteiger partial charge in [0.25, 0.3) is 0 Å². The zero-order valence-corrected chi connectivity index (χ0v) is 9.74. The third-order valence-corrected chi connectivity index (χ3v) is 2.89. The summed E-state index contributed by atoms with van der Waals surface area (Å²) in [6, 6.07) is 9.61. The quantitative estimate of drug-likeness (QED) is 0.772. The van der Waals surface area contributed by atoms with Gasteiger partial charge in [-0.1, -0.05) is 34.1 Å². The molecular formula is C12H9BrO2. The number of carbonyl (C=O) groups is 1. The number of aldehydes is 1. The summed E-state index contributed by atoms with van der Waals surface area (Å²) >= 11 is 3.44. The molecule has 2 nitrogen and oxygen atoms in total. The molecule has 0 aliphatic rings. The summed E-state index contributed by atoms with van der Waals surface area (Å²) < 4.78 is 6.39. The van der Waals surface area contributed by atoms with Gasteiger partial charge in [-0.3, -0.25) is 4.79 Å². The topological polar surface area (TPSA) is 30.2 Å². The van der Waals surface area contributed by atoms with Crippen LogP contribution in [0.5, 0.6) is 0 Å². The van der Waals surface area contributed by atoms with E-state index in [1.165, 1.54) is 0 Å². The first kappa shape index (κ1) is 10.2. The first-order valence-corrected chi connectivity index (χ1v) is 5.32. The largest absolute Gasteiger partial charge is 0.453 e. The molecule has 0 aliphatic carbocycles. The van der Waals surface area contributed by atoms with Crippen molar-refractivity contribution < 1.29 is 9.21 Å². The second-order valence-corrected chi connectivity index (χ2v) is 4.11. The molecule has 0 saturated carbocycles. The van der Waals surface area contributed by atoms with E-state index in [1.807, 2.05) is 37.3 Å². The van der Waals surface area contributed by atoms with Crippen LogP contribution in [0.4, 0.5) is 0 Å². The molecule has 0 bridgehead atoms. The first-order chi connectivity index (χ1) is 7.22. The number of hydrogen-bond donors (Lipinski definition) is 0. The van der Waals surface area contributed by atoms with E-state index in [2.05, 4.69) is 15.9 Å². The molecule has 0 spiro atoms. The van der Waals surface area contributed by atoms with Gasteiger partial charge in [-0.2, -0.15) is 0 Å². The second-order valence-electron chi connectivity index (χ2n) is 3.26. The van der Waals surface area contributed by atoms with Crippen LogP contribution in [0, 0.1) is 6.92 Å². The highest BCUT2D eigenvalue weighted by Gasteiger charge is 2.10. The Labute approximate surface area is 96.0 Å². The normalized spacial score (nSPS) is 10.3. The molecule has 76 valence electrons. The number of benzene rings is 1. The van der Waals surface area contributed by atoms with Crippen LogP contribution in [0.15, 0.2) is 39.2 Å². The van der Waals surface area contributed by atoms with Gasteiger partial charge in [0, 0.05) is 10.0 Å². The average Bonchev–Trinajstić information content (AvgIpc) is 2.60. The van der Waals surface area contributed by atoms with Crippen LogP contribution in [-0.4, -0.2) is 6.29 Å². The highest BCUT2D eigenvalue weighted by molar-refractivity contribution is 9.10. The molecule has 0 atom stereocenters. The van der Waals surface area contributed by atoms with E-state index in [4.69, 9.17) is 4.42 Å². The maximum atomic E-state index is 10.7. The van der Waals surface area contributed by atoms with E-state index in [-0.39, 0.29) is 0 Å². The SMILES string of the molecule is Cc1cc(-c2ccccc2Br)oc1C=O. The predicted molar refractivity (Wildman–Crippen MR) is 62.0 cm³/mol. The molecule has 0 amide bonds. The monoisotopic (exact) mass is 264 g/mol. The molecule has 0 fully saturated rings. The lowest BCUT2D eigenvalue weighted by Gasteiger charge is -1.98. The summed E-state index contributed by atoms with van der Waals surface area (Å²) in [4.78, 5) is 10.7. The molecule has 0 unspecified atom stereocenters. The standard InChI is InChI=1S/C12H9BrO2/c1-8-6-11(15-12(8)7-14)9-4-2-3-5-10(9)13/h2-7H,1H3. The summed E-state index contributed by atoms with van der Waals surface area (Å²) in [6.07, 6.45) is 0.732. The van der Waals surface area contributed by atoms with E-state index in [0.717, 1.165) is 21.9 Å². The van der Waals surface area contributed by atoms with Gasteiger partial charge in [0.2, 0.25) is 0 Å². The third-order valence-electron chi connectivity index (χ3n) is 2.20. The minimum Gasteiger partial charge on any atom is -0.453 e. The van der Waals surface area contributed by atoms with Crippen LogP contribution in [0.1, 0.15) is 16.1 Å². The van der Waals surface area contributed by atoms with Crippen LogP contribution in [0.2, 0.25) is 0 Å². The van der Waals surface area contributed by atoms with E-state index in [1.54, 1.807) is 0 Å². The molecule has 1 aromatic heterocycles. The summed E-state index contributed by atoms with van der Waals surface area (Å²) in [6.45, 7) is 1.85. The van der Waals surface area contributed by atoms with E-state index in [0.29, 0.717) is 11.5 Å². The fourth-order valence-electron chi connectivity index (χ4n) is 1.41. The number of hydrogen-bond acceptors (Lipinski definition) is 2. The minimum atomic E-state index is 0.390. The van der Waals surface area contributed by atoms with Crippen LogP contribution in [0.25, 0.3) is 11.3 Å². The Morgan fingerprint density at radius 1 is 1.33 bits per heavy atom. The molecule has 0 N–H and O–H groups in total. The molecule has 1 aromatic carbocycles. The molecule has 0 saturated heterocycles. The fraction of sp³-hybridized carbons (Fsp3) is 0.0833. The Bertz CT molecular complexity index is 500. The van der Waals surface area contributed by atoms with Crippen LogP contribution in [0.3, 0.4) is 0 Å². The number of furan rings is 1. The predicted octanol–water partition coefficient (Wildman–Crippen LogP) is 3.83. The lowest BCUT2D eigenvalue weighted by atomic mass is 10.1. The average molecular weight is 265 g/mol. The van der Waals surface area contributed by atoms with Crippen molar-refractivity contribution in [3.8, 4) is 11.3 Å². The lowest BCUT2D eigenvalue weighted by molar-refractivity contribution is 0.110. The highest BCUT2D eigenvalue weighted by atomic mass is 79.9. The van der Waals surface area contributed by atoms with Gasteiger partial charge < -0.3 is 4.42 Å². The molecule has 1 heterocycles. The molecule has 2 aromatic rings. The number of aryl methyl sites for hydroxylation is 1. The maximum Gasteiger partial charge on any atom is 0.185 e. The van der Waals surface area contributed by atoms with Crippen molar-refractivity contribution in [2.75, 3.05) is 0 Å². The third kappa shape index (κ3) is 1.88. The van der Waals surface area contributed by atoms with Crippen molar-refractivity contribution in [3.05, 3.63) is 46.1 Å². The van der Waals surface area contributed by atoms with Crippen molar-refractivity contribution in [3.63, 3.8) is 0 Å². The molecule has 0 aliphatic heterocycles. The fourth-order valence-corrected chi connectivity index (χ4v) is 1.89. The van der Waals surface area contributed by atoms with E-state index >= 15 is 0 Å². The van der Waals surface area contributed by atoms with Crippen molar-refractivity contribution in [2.45, 2.75) is 6.92 Å². The molecular weight excluding hydrogens is 256 g/mol. The number of halogens is 1. The second kappa shape index (κ2) is 4.03.